The average molecular weight is 254 g/mol. The number of likely N-dealkylation sites (N-methyl/N-ethyl adjacent to an activating group) is 1. The summed E-state index contributed by atoms with van der Waals surface area (Å²) in [6.45, 7) is 9.98. The zero-order chi connectivity index (χ0) is 13.5. The molecule has 0 unspecified atom stereocenters. The highest BCUT2D eigenvalue weighted by atomic mass is 15.4. The van der Waals surface area contributed by atoms with Crippen LogP contribution in [0.4, 0.5) is 5.69 Å². The van der Waals surface area contributed by atoms with E-state index in [0.29, 0.717) is 6.17 Å². The maximum atomic E-state index is 3.99. The first kappa shape index (κ1) is 12.5. The second-order valence-corrected chi connectivity index (χ2v) is 5.71. The highest BCUT2D eigenvalue weighted by Gasteiger charge is 2.54. The highest BCUT2D eigenvalue weighted by molar-refractivity contribution is 5.65. The largest absolute Gasteiger partial charge is 0.351 e. The van der Waals surface area contributed by atoms with Gasteiger partial charge in [-0.2, -0.15) is 0 Å². The van der Waals surface area contributed by atoms with E-state index in [2.05, 4.69) is 60.3 Å². The van der Waals surface area contributed by atoms with Gasteiger partial charge in [-0.05, 0) is 31.5 Å². The van der Waals surface area contributed by atoms with Gasteiger partial charge in [0.15, 0.2) is 0 Å². The fourth-order valence-electron chi connectivity index (χ4n) is 4.05. The third-order valence-corrected chi connectivity index (χ3v) is 4.70. The smallest absolute Gasteiger partial charge is 0.0923 e. The predicted molar refractivity (Wildman–Crippen MR) is 81.5 cm³/mol. The number of para-hydroxylation sites is 1. The number of likely N-dealkylation sites (tertiary alicyclic amines) is 1. The molecule has 3 rings (SSSR count). The van der Waals surface area contributed by atoms with Gasteiger partial charge in [0, 0.05) is 24.2 Å². The monoisotopic (exact) mass is 254 g/mol. The number of nitrogens with zero attached hydrogens (tertiary/aromatic N) is 2. The molecule has 2 atom stereocenters. The lowest BCUT2D eigenvalue weighted by Gasteiger charge is -2.36. The average Bonchev–Trinajstić information content (AvgIpc) is 2.87. The third-order valence-electron chi connectivity index (χ3n) is 4.70. The molecule has 0 spiro atoms. The lowest BCUT2D eigenvalue weighted by molar-refractivity contribution is 0.254. The minimum atomic E-state index is 0.218. The van der Waals surface area contributed by atoms with Crippen LogP contribution in [0.2, 0.25) is 0 Å². The van der Waals surface area contributed by atoms with Crippen molar-refractivity contribution in [2.75, 3.05) is 25.0 Å². The van der Waals surface area contributed by atoms with Crippen LogP contribution in [0.1, 0.15) is 18.4 Å². The van der Waals surface area contributed by atoms with Gasteiger partial charge in [0.05, 0.1) is 6.17 Å². The van der Waals surface area contributed by atoms with Crippen LogP contribution in [-0.4, -0.2) is 31.2 Å². The summed E-state index contributed by atoms with van der Waals surface area (Å²) in [6, 6.07) is 8.85. The lowest BCUT2D eigenvalue weighted by atomic mass is 9.76. The molecular weight excluding hydrogens is 232 g/mol. The molecule has 0 aliphatic carbocycles. The SMILES string of the molecule is C=CCN1c2ccccc2[C@@]2(CC=C)CCN(C)[C@@H]12. The van der Waals surface area contributed by atoms with Crippen LogP contribution < -0.4 is 4.90 Å². The van der Waals surface area contributed by atoms with Gasteiger partial charge in [0.2, 0.25) is 0 Å². The summed E-state index contributed by atoms with van der Waals surface area (Å²) >= 11 is 0. The van der Waals surface area contributed by atoms with Crippen molar-refractivity contribution in [1.82, 2.24) is 4.90 Å². The Morgan fingerprint density at radius 1 is 1.32 bits per heavy atom. The van der Waals surface area contributed by atoms with Crippen LogP contribution in [0, 0.1) is 0 Å². The molecule has 0 aromatic heterocycles. The maximum Gasteiger partial charge on any atom is 0.0923 e. The second-order valence-electron chi connectivity index (χ2n) is 5.71. The van der Waals surface area contributed by atoms with E-state index in [9.17, 15) is 0 Å². The number of hydrogen-bond acceptors (Lipinski definition) is 2. The number of allylic oxidation sites excluding steroid dienone is 1. The van der Waals surface area contributed by atoms with E-state index < -0.39 is 0 Å². The molecular formula is C17H22N2. The van der Waals surface area contributed by atoms with E-state index in [1.54, 1.807) is 0 Å². The van der Waals surface area contributed by atoms with Crippen LogP contribution in [0.15, 0.2) is 49.6 Å². The maximum absolute atomic E-state index is 3.99. The molecule has 2 heterocycles. The van der Waals surface area contributed by atoms with Crippen molar-refractivity contribution in [3.63, 3.8) is 0 Å². The zero-order valence-electron chi connectivity index (χ0n) is 11.7. The Bertz CT molecular complexity index is 508. The summed E-state index contributed by atoms with van der Waals surface area (Å²) in [7, 11) is 2.23. The van der Waals surface area contributed by atoms with E-state index in [1.165, 1.54) is 17.7 Å². The molecule has 100 valence electrons. The number of anilines is 1. The Morgan fingerprint density at radius 3 is 2.84 bits per heavy atom. The third kappa shape index (κ3) is 1.59. The number of fused-ring (bicyclic) bond motifs is 3. The normalized spacial score (nSPS) is 29.1. The summed E-state index contributed by atoms with van der Waals surface area (Å²) in [5.74, 6) is 0. The van der Waals surface area contributed by atoms with Crippen molar-refractivity contribution in [3.8, 4) is 0 Å². The Balaban J connectivity index is 2.16. The molecule has 19 heavy (non-hydrogen) atoms. The second kappa shape index (κ2) is 4.53. The van der Waals surface area contributed by atoms with E-state index >= 15 is 0 Å². The fraction of sp³-hybridized carbons (Fsp3) is 0.412. The van der Waals surface area contributed by atoms with Crippen LogP contribution in [0.25, 0.3) is 0 Å². The zero-order valence-corrected chi connectivity index (χ0v) is 11.7. The Hall–Kier alpha value is -1.54. The summed E-state index contributed by atoms with van der Waals surface area (Å²) in [6.07, 6.45) is 6.80. The summed E-state index contributed by atoms with van der Waals surface area (Å²) in [5, 5.41) is 0. The van der Waals surface area contributed by atoms with Gasteiger partial charge < -0.3 is 4.90 Å². The quantitative estimate of drug-likeness (QED) is 0.762. The van der Waals surface area contributed by atoms with Gasteiger partial charge in [-0.3, -0.25) is 4.90 Å². The molecule has 1 aromatic carbocycles. The molecule has 0 amide bonds. The van der Waals surface area contributed by atoms with Crippen LogP contribution >= 0.6 is 0 Å². The molecule has 1 fully saturated rings. The summed E-state index contributed by atoms with van der Waals surface area (Å²) in [4.78, 5) is 4.98. The van der Waals surface area contributed by atoms with Crippen molar-refractivity contribution < 1.29 is 0 Å². The van der Waals surface area contributed by atoms with E-state index in [0.717, 1.165) is 19.5 Å². The molecule has 0 bridgehead atoms. The van der Waals surface area contributed by atoms with Crippen molar-refractivity contribution >= 4 is 5.69 Å². The fourth-order valence-corrected chi connectivity index (χ4v) is 4.05. The molecule has 1 aromatic rings. The van der Waals surface area contributed by atoms with Gasteiger partial charge in [-0.25, -0.2) is 0 Å². The van der Waals surface area contributed by atoms with Crippen molar-refractivity contribution in [3.05, 3.63) is 55.1 Å². The van der Waals surface area contributed by atoms with Gasteiger partial charge in [0.1, 0.15) is 0 Å². The van der Waals surface area contributed by atoms with E-state index in [1.807, 2.05) is 6.08 Å². The van der Waals surface area contributed by atoms with Crippen LogP contribution in [0.5, 0.6) is 0 Å². The lowest BCUT2D eigenvalue weighted by Crippen LogP contribution is -2.48. The van der Waals surface area contributed by atoms with Crippen molar-refractivity contribution in [1.29, 1.82) is 0 Å². The van der Waals surface area contributed by atoms with Gasteiger partial charge >= 0.3 is 0 Å². The standard InChI is InChI=1S/C17H22N2/c1-4-10-17-11-13-18(3)16(17)19(12-5-2)15-9-7-6-8-14(15)17/h4-9,16H,1-2,10-13H2,3H3/t16-,17+/m0/s1. The molecule has 2 aliphatic heterocycles. The van der Waals surface area contributed by atoms with E-state index in [4.69, 9.17) is 0 Å². The molecule has 0 saturated carbocycles. The summed E-state index contributed by atoms with van der Waals surface area (Å²) in [5.41, 5.74) is 3.09. The van der Waals surface area contributed by atoms with Crippen LogP contribution in [0.3, 0.4) is 0 Å². The molecule has 0 radical (unpaired) electrons. The van der Waals surface area contributed by atoms with Crippen molar-refractivity contribution in [2.24, 2.45) is 0 Å². The topological polar surface area (TPSA) is 6.48 Å². The molecule has 1 saturated heterocycles. The first-order valence-corrected chi connectivity index (χ1v) is 7.03. The Morgan fingerprint density at radius 2 is 2.11 bits per heavy atom. The van der Waals surface area contributed by atoms with Crippen LogP contribution in [-0.2, 0) is 5.41 Å². The molecule has 2 heteroatoms. The minimum absolute atomic E-state index is 0.218. The molecule has 2 aliphatic rings. The molecule has 0 N–H and O–H groups in total. The van der Waals surface area contributed by atoms with Crippen molar-refractivity contribution in [2.45, 2.75) is 24.4 Å². The Kier molecular flexibility index (Phi) is 2.98. The first-order chi connectivity index (χ1) is 9.24. The van der Waals surface area contributed by atoms with Gasteiger partial charge in [-0.1, -0.05) is 30.4 Å². The number of hydrogen-bond donors (Lipinski definition) is 0. The van der Waals surface area contributed by atoms with E-state index in [-0.39, 0.29) is 5.41 Å². The minimum Gasteiger partial charge on any atom is -0.351 e. The number of rotatable bonds is 4. The van der Waals surface area contributed by atoms with Gasteiger partial charge in [-0.15, -0.1) is 13.2 Å². The Labute approximate surface area is 116 Å². The highest BCUT2D eigenvalue weighted by Crippen LogP contribution is 2.53. The predicted octanol–water partition coefficient (Wildman–Crippen LogP) is 3.17. The summed E-state index contributed by atoms with van der Waals surface area (Å²) < 4.78 is 0. The first-order valence-electron chi connectivity index (χ1n) is 7.03. The molecule has 2 nitrogen and oxygen atoms in total. The number of benzene rings is 1. The van der Waals surface area contributed by atoms with Gasteiger partial charge in [0.25, 0.3) is 0 Å².